The van der Waals surface area contributed by atoms with E-state index in [2.05, 4.69) is 14.9 Å². The number of carboxylic acids is 1. The minimum absolute atomic E-state index is 0.211. The maximum atomic E-state index is 12.3. The Balaban J connectivity index is 1.94. The predicted molar refractivity (Wildman–Crippen MR) is 80.5 cm³/mol. The number of aromatic carboxylic acids is 1. The van der Waals surface area contributed by atoms with Crippen LogP contribution in [0.4, 0.5) is 5.95 Å². The van der Waals surface area contributed by atoms with E-state index in [-0.39, 0.29) is 17.0 Å². The van der Waals surface area contributed by atoms with Crippen LogP contribution < -0.4 is 10.3 Å². The molecule has 2 aromatic heterocycles. The van der Waals surface area contributed by atoms with Gasteiger partial charge in [0.2, 0.25) is 11.4 Å². The SMILES string of the molecule is O=C(O)c1cn(C2CC2)c2nc(N3CCCC3)ncc2c1=O. The van der Waals surface area contributed by atoms with E-state index in [9.17, 15) is 14.7 Å². The Labute approximate surface area is 126 Å². The van der Waals surface area contributed by atoms with Gasteiger partial charge < -0.3 is 14.6 Å². The van der Waals surface area contributed by atoms with E-state index in [1.165, 1.54) is 12.4 Å². The number of rotatable bonds is 3. The highest BCUT2D eigenvalue weighted by atomic mass is 16.4. The summed E-state index contributed by atoms with van der Waals surface area (Å²) in [4.78, 5) is 34.5. The van der Waals surface area contributed by atoms with Gasteiger partial charge in [0.05, 0.1) is 5.39 Å². The molecule has 0 atom stereocenters. The van der Waals surface area contributed by atoms with E-state index in [4.69, 9.17) is 0 Å². The third-order valence-corrected chi connectivity index (χ3v) is 4.32. The molecule has 1 N–H and O–H groups in total. The fraction of sp³-hybridized carbons (Fsp3) is 0.467. The zero-order valence-corrected chi connectivity index (χ0v) is 12.0. The molecule has 0 radical (unpaired) electrons. The second-order valence-corrected chi connectivity index (χ2v) is 5.92. The smallest absolute Gasteiger partial charge is 0.341 e. The van der Waals surface area contributed by atoms with E-state index in [1.807, 2.05) is 4.57 Å². The second kappa shape index (κ2) is 4.79. The molecule has 2 aliphatic rings. The summed E-state index contributed by atoms with van der Waals surface area (Å²) in [6.45, 7) is 1.85. The number of hydrogen-bond donors (Lipinski definition) is 1. The Bertz CT molecular complexity index is 819. The quantitative estimate of drug-likeness (QED) is 0.922. The number of carboxylic acid groups (broad SMARTS) is 1. The third kappa shape index (κ3) is 2.04. The molecule has 22 heavy (non-hydrogen) atoms. The number of aromatic nitrogens is 3. The number of carbonyl (C=O) groups is 1. The van der Waals surface area contributed by atoms with Crippen LogP contribution in [-0.4, -0.2) is 38.7 Å². The van der Waals surface area contributed by atoms with Crippen molar-refractivity contribution in [1.29, 1.82) is 0 Å². The molecule has 4 rings (SSSR count). The van der Waals surface area contributed by atoms with Crippen molar-refractivity contribution < 1.29 is 9.90 Å². The maximum absolute atomic E-state index is 12.3. The summed E-state index contributed by atoms with van der Waals surface area (Å²) in [5.74, 6) is -0.577. The van der Waals surface area contributed by atoms with Crippen molar-refractivity contribution in [3.8, 4) is 0 Å². The monoisotopic (exact) mass is 300 g/mol. The summed E-state index contributed by atoms with van der Waals surface area (Å²) in [6.07, 6.45) is 7.12. The first-order valence-electron chi connectivity index (χ1n) is 7.55. The number of hydrogen-bond acceptors (Lipinski definition) is 5. The average Bonchev–Trinajstić information content (AvgIpc) is 3.20. The minimum Gasteiger partial charge on any atom is -0.477 e. The molecular weight excluding hydrogens is 284 g/mol. The van der Waals surface area contributed by atoms with Gasteiger partial charge in [-0.05, 0) is 25.7 Å². The van der Waals surface area contributed by atoms with Crippen molar-refractivity contribution in [3.05, 3.63) is 28.2 Å². The highest BCUT2D eigenvalue weighted by Crippen LogP contribution is 2.36. The number of fused-ring (bicyclic) bond motifs is 1. The maximum Gasteiger partial charge on any atom is 0.341 e. The fourth-order valence-electron chi connectivity index (χ4n) is 2.98. The molecule has 0 amide bonds. The van der Waals surface area contributed by atoms with Gasteiger partial charge in [0.1, 0.15) is 11.2 Å². The van der Waals surface area contributed by atoms with Gasteiger partial charge in [-0.25, -0.2) is 9.78 Å². The molecule has 7 heteroatoms. The Morgan fingerprint density at radius 2 is 2.00 bits per heavy atom. The molecule has 1 saturated carbocycles. The molecule has 0 unspecified atom stereocenters. The summed E-state index contributed by atoms with van der Waals surface area (Å²) in [6, 6.07) is 0.238. The zero-order chi connectivity index (χ0) is 15.3. The molecule has 0 aromatic carbocycles. The van der Waals surface area contributed by atoms with Crippen molar-refractivity contribution in [2.24, 2.45) is 0 Å². The van der Waals surface area contributed by atoms with Crippen LogP contribution in [0.5, 0.6) is 0 Å². The van der Waals surface area contributed by atoms with Gasteiger partial charge in [-0.1, -0.05) is 0 Å². The summed E-state index contributed by atoms with van der Waals surface area (Å²) < 4.78 is 1.83. The van der Waals surface area contributed by atoms with Crippen LogP contribution in [0.3, 0.4) is 0 Å². The van der Waals surface area contributed by atoms with Gasteiger partial charge >= 0.3 is 5.97 Å². The van der Waals surface area contributed by atoms with Crippen LogP contribution in [0.25, 0.3) is 11.0 Å². The van der Waals surface area contributed by atoms with Crippen molar-refractivity contribution >= 4 is 23.0 Å². The summed E-state index contributed by atoms with van der Waals surface area (Å²) >= 11 is 0. The minimum atomic E-state index is -1.20. The van der Waals surface area contributed by atoms with Gasteiger partial charge in [0.25, 0.3) is 0 Å². The van der Waals surface area contributed by atoms with Gasteiger partial charge in [0.15, 0.2) is 0 Å². The lowest BCUT2D eigenvalue weighted by Gasteiger charge is -2.17. The zero-order valence-electron chi connectivity index (χ0n) is 12.0. The van der Waals surface area contributed by atoms with E-state index in [0.717, 1.165) is 38.8 Å². The first-order chi connectivity index (χ1) is 10.6. The lowest BCUT2D eigenvalue weighted by molar-refractivity contribution is 0.0695. The van der Waals surface area contributed by atoms with Gasteiger partial charge in [-0.3, -0.25) is 4.79 Å². The molecule has 3 heterocycles. The van der Waals surface area contributed by atoms with Crippen molar-refractivity contribution in [2.75, 3.05) is 18.0 Å². The van der Waals surface area contributed by atoms with Gasteiger partial charge in [0, 0.05) is 31.5 Å². The van der Waals surface area contributed by atoms with Gasteiger partial charge in [-0.2, -0.15) is 4.98 Å². The fourth-order valence-corrected chi connectivity index (χ4v) is 2.98. The third-order valence-electron chi connectivity index (χ3n) is 4.32. The predicted octanol–water partition coefficient (Wildman–Crippen LogP) is 1.42. The molecule has 114 valence electrons. The molecule has 1 aliphatic heterocycles. The standard InChI is InChI=1S/C15H16N4O3/c20-12-10-7-16-15(18-5-1-2-6-18)17-13(10)19(9-3-4-9)8-11(12)14(21)22/h7-9H,1-6H2,(H,21,22). The Morgan fingerprint density at radius 1 is 1.27 bits per heavy atom. The number of anilines is 1. The lowest BCUT2D eigenvalue weighted by Crippen LogP contribution is -2.23. The average molecular weight is 300 g/mol. The molecule has 0 bridgehead atoms. The Kier molecular flexibility index (Phi) is 2.88. The molecule has 1 aliphatic carbocycles. The molecule has 0 spiro atoms. The number of pyridine rings is 1. The Hall–Kier alpha value is -2.44. The van der Waals surface area contributed by atoms with Crippen LogP contribution in [0.15, 0.2) is 17.2 Å². The Morgan fingerprint density at radius 3 is 2.64 bits per heavy atom. The molecule has 7 nitrogen and oxygen atoms in total. The summed E-state index contributed by atoms with van der Waals surface area (Å²) in [5.41, 5.74) is -0.168. The molecule has 1 saturated heterocycles. The second-order valence-electron chi connectivity index (χ2n) is 5.92. The van der Waals surface area contributed by atoms with E-state index < -0.39 is 11.4 Å². The first-order valence-corrected chi connectivity index (χ1v) is 7.55. The van der Waals surface area contributed by atoms with Crippen LogP contribution in [-0.2, 0) is 0 Å². The topological polar surface area (TPSA) is 88.3 Å². The largest absolute Gasteiger partial charge is 0.477 e. The van der Waals surface area contributed by atoms with Crippen LogP contribution >= 0.6 is 0 Å². The van der Waals surface area contributed by atoms with Gasteiger partial charge in [-0.15, -0.1) is 0 Å². The summed E-state index contributed by atoms with van der Waals surface area (Å²) in [7, 11) is 0. The van der Waals surface area contributed by atoms with Crippen LogP contribution in [0.2, 0.25) is 0 Å². The van der Waals surface area contributed by atoms with E-state index in [0.29, 0.717) is 11.6 Å². The van der Waals surface area contributed by atoms with Crippen molar-refractivity contribution in [3.63, 3.8) is 0 Å². The van der Waals surface area contributed by atoms with E-state index in [1.54, 1.807) is 0 Å². The molecule has 2 fully saturated rings. The van der Waals surface area contributed by atoms with Crippen molar-refractivity contribution in [1.82, 2.24) is 14.5 Å². The molecule has 2 aromatic rings. The first kappa shape index (κ1) is 13.2. The number of nitrogens with zero attached hydrogens (tertiary/aromatic N) is 4. The van der Waals surface area contributed by atoms with Crippen molar-refractivity contribution in [2.45, 2.75) is 31.7 Å². The molecular formula is C15H16N4O3. The van der Waals surface area contributed by atoms with Crippen LogP contribution in [0, 0.1) is 0 Å². The van der Waals surface area contributed by atoms with E-state index >= 15 is 0 Å². The lowest BCUT2D eigenvalue weighted by atomic mass is 10.2. The highest BCUT2D eigenvalue weighted by Gasteiger charge is 2.28. The highest BCUT2D eigenvalue weighted by molar-refractivity contribution is 5.91. The summed E-state index contributed by atoms with van der Waals surface area (Å²) in [5, 5.41) is 9.50. The normalized spacial score (nSPS) is 18.1. The van der Waals surface area contributed by atoms with Crippen LogP contribution in [0.1, 0.15) is 42.1 Å².